The van der Waals surface area contributed by atoms with Crippen molar-refractivity contribution in [3.8, 4) is 0 Å². The Morgan fingerprint density at radius 2 is 2.11 bits per heavy atom. The number of non-ortho nitro benzene ring substituents is 1. The SMILES string of the molecule is CCC1CCCCC1Nc1cc(F)cc([N+](=O)[O-])c1. The summed E-state index contributed by atoms with van der Waals surface area (Å²) >= 11 is 0. The fourth-order valence-corrected chi connectivity index (χ4v) is 2.86. The molecule has 0 aromatic heterocycles. The van der Waals surface area contributed by atoms with Crippen LogP contribution in [0.1, 0.15) is 39.0 Å². The van der Waals surface area contributed by atoms with E-state index in [2.05, 4.69) is 12.2 Å². The van der Waals surface area contributed by atoms with E-state index in [1.807, 2.05) is 0 Å². The lowest BCUT2D eigenvalue weighted by Gasteiger charge is -2.32. The van der Waals surface area contributed by atoms with E-state index < -0.39 is 10.7 Å². The Kier molecular flexibility index (Phi) is 4.35. The van der Waals surface area contributed by atoms with Gasteiger partial charge in [-0.1, -0.05) is 26.2 Å². The average Bonchev–Trinajstić information content (AvgIpc) is 2.38. The Hall–Kier alpha value is -1.65. The topological polar surface area (TPSA) is 55.2 Å². The minimum Gasteiger partial charge on any atom is -0.382 e. The van der Waals surface area contributed by atoms with Gasteiger partial charge in [-0.05, 0) is 24.8 Å². The van der Waals surface area contributed by atoms with Crippen molar-refractivity contribution in [1.82, 2.24) is 0 Å². The van der Waals surface area contributed by atoms with Crippen LogP contribution in [0.2, 0.25) is 0 Å². The van der Waals surface area contributed by atoms with Crippen LogP contribution >= 0.6 is 0 Å². The first-order valence-electron chi connectivity index (χ1n) is 6.81. The number of nitro benzene ring substituents is 1. The van der Waals surface area contributed by atoms with E-state index in [-0.39, 0.29) is 5.69 Å². The summed E-state index contributed by atoms with van der Waals surface area (Å²) in [7, 11) is 0. The van der Waals surface area contributed by atoms with Crippen LogP contribution in [0, 0.1) is 21.8 Å². The van der Waals surface area contributed by atoms with Gasteiger partial charge in [-0.15, -0.1) is 0 Å². The molecule has 5 heteroatoms. The molecule has 2 atom stereocenters. The van der Waals surface area contributed by atoms with Crippen molar-refractivity contribution in [3.05, 3.63) is 34.1 Å². The number of benzene rings is 1. The molecular formula is C14H19FN2O2. The van der Waals surface area contributed by atoms with E-state index >= 15 is 0 Å². The van der Waals surface area contributed by atoms with Crippen LogP contribution in [0.3, 0.4) is 0 Å². The summed E-state index contributed by atoms with van der Waals surface area (Å²) < 4.78 is 13.4. The Bertz CT molecular complexity index is 465. The van der Waals surface area contributed by atoms with Gasteiger partial charge in [0.2, 0.25) is 0 Å². The van der Waals surface area contributed by atoms with Gasteiger partial charge >= 0.3 is 0 Å². The molecule has 0 bridgehead atoms. The molecule has 1 aliphatic carbocycles. The molecule has 0 radical (unpaired) electrons. The molecule has 1 aromatic rings. The van der Waals surface area contributed by atoms with Gasteiger partial charge in [-0.2, -0.15) is 0 Å². The number of hydrogen-bond acceptors (Lipinski definition) is 3. The van der Waals surface area contributed by atoms with Gasteiger partial charge in [0.15, 0.2) is 0 Å². The second kappa shape index (κ2) is 5.99. The molecule has 2 unspecified atom stereocenters. The number of nitrogens with zero attached hydrogens (tertiary/aromatic N) is 1. The number of nitrogens with one attached hydrogen (secondary N) is 1. The lowest BCUT2D eigenvalue weighted by molar-refractivity contribution is -0.385. The molecule has 1 saturated carbocycles. The highest BCUT2D eigenvalue weighted by Gasteiger charge is 2.24. The third-order valence-corrected chi connectivity index (χ3v) is 3.88. The van der Waals surface area contributed by atoms with Gasteiger partial charge in [0, 0.05) is 17.8 Å². The Morgan fingerprint density at radius 3 is 2.79 bits per heavy atom. The highest BCUT2D eigenvalue weighted by atomic mass is 19.1. The lowest BCUT2D eigenvalue weighted by Crippen LogP contribution is -2.31. The first kappa shape index (κ1) is 13.8. The summed E-state index contributed by atoms with van der Waals surface area (Å²) in [6.07, 6.45) is 5.69. The normalized spacial score (nSPS) is 23.1. The van der Waals surface area contributed by atoms with E-state index in [1.54, 1.807) is 0 Å². The van der Waals surface area contributed by atoms with Crippen molar-refractivity contribution >= 4 is 11.4 Å². The van der Waals surface area contributed by atoms with Crippen LogP contribution in [-0.4, -0.2) is 11.0 Å². The zero-order valence-corrected chi connectivity index (χ0v) is 11.1. The monoisotopic (exact) mass is 266 g/mol. The fourth-order valence-electron chi connectivity index (χ4n) is 2.86. The molecule has 0 amide bonds. The average molecular weight is 266 g/mol. The molecular weight excluding hydrogens is 247 g/mol. The first-order chi connectivity index (χ1) is 9.10. The molecule has 0 aliphatic heterocycles. The van der Waals surface area contributed by atoms with Gasteiger partial charge in [0.05, 0.1) is 11.0 Å². The van der Waals surface area contributed by atoms with Crippen molar-refractivity contribution < 1.29 is 9.31 Å². The molecule has 1 fully saturated rings. The quantitative estimate of drug-likeness (QED) is 0.659. The Balaban J connectivity index is 2.15. The molecule has 1 aromatic carbocycles. The molecule has 0 heterocycles. The number of hydrogen-bond donors (Lipinski definition) is 1. The van der Waals surface area contributed by atoms with Crippen molar-refractivity contribution in [2.45, 2.75) is 45.1 Å². The summed E-state index contributed by atoms with van der Waals surface area (Å²) in [5.41, 5.74) is 0.309. The maximum atomic E-state index is 13.4. The largest absolute Gasteiger partial charge is 0.382 e. The molecule has 0 spiro atoms. The van der Waals surface area contributed by atoms with Crippen molar-refractivity contribution in [2.75, 3.05) is 5.32 Å². The first-order valence-corrected chi connectivity index (χ1v) is 6.81. The second-order valence-electron chi connectivity index (χ2n) is 5.16. The van der Waals surface area contributed by atoms with Crippen LogP contribution < -0.4 is 5.32 Å². The zero-order chi connectivity index (χ0) is 13.8. The predicted octanol–water partition coefficient (Wildman–Crippen LogP) is 4.11. The van der Waals surface area contributed by atoms with Crippen LogP contribution in [0.4, 0.5) is 15.8 Å². The van der Waals surface area contributed by atoms with Gasteiger partial charge in [0.1, 0.15) is 5.82 Å². The smallest absolute Gasteiger partial charge is 0.274 e. The molecule has 1 aliphatic rings. The highest BCUT2D eigenvalue weighted by Crippen LogP contribution is 2.30. The van der Waals surface area contributed by atoms with Gasteiger partial charge in [0.25, 0.3) is 5.69 Å². The van der Waals surface area contributed by atoms with E-state index in [9.17, 15) is 14.5 Å². The Labute approximate surface area is 112 Å². The van der Waals surface area contributed by atoms with Gasteiger partial charge < -0.3 is 5.32 Å². The van der Waals surface area contributed by atoms with Crippen molar-refractivity contribution in [2.24, 2.45) is 5.92 Å². The minimum atomic E-state index is -0.569. The second-order valence-corrected chi connectivity index (χ2v) is 5.16. The van der Waals surface area contributed by atoms with Gasteiger partial charge in [-0.3, -0.25) is 10.1 Å². The number of halogens is 1. The molecule has 104 valence electrons. The standard InChI is InChI=1S/C14H19FN2O2/c1-2-10-5-3-4-6-14(10)16-12-7-11(15)8-13(9-12)17(18)19/h7-10,14,16H,2-6H2,1H3. The number of rotatable bonds is 4. The summed E-state index contributed by atoms with van der Waals surface area (Å²) in [5.74, 6) is -0.00312. The molecule has 4 nitrogen and oxygen atoms in total. The summed E-state index contributed by atoms with van der Waals surface area (Å²) in [6.45, 7) is 2.15. The van der Waals surface area contributed by atoms with E-state index in [4.69, 9.17) is 0 Å². The van der Waals surface area contributed by atoms with Crippen molar-refractivity contribution in [3.63, 3.8) is 0 Å². The maximum absolute atomic E-state index is 13.4. The van der Waals surface area contributed by atoms with E-state index in [0.29, 0.717) is 17.6 Å². The maximum Gasteiger partial charge on any atom is 0.274 e. The predicted molar refractivity (Wildman–Crippen MR) is 72.7 cm³/mol. The number of nitro groups is 1. The third-order valence-electron chi connectivity index (χ3n) is 3.88. The highest BCUT2D eigenvalue weighted by molar-refractivity contribution is 5.52. The van der Waals surface area contributed by atoms with E-state index in [0.717, 1.165) is 25.3 Å². The summed E-state index contributed by atoms with van der Waals surface area (Å²) in [4.78, 5) is 10.2. The summed E-state index contributed by atoms with van der Waals surface area (Å²) in [6, 6.07) is 3.97. The van der Waals surface area contributed by atoms with Crippen LogP contribution in [0.15, 0.2) is 18.2 Å². The molecule has 0 saturated heterocycles. The minimum absolute atomic E-state index is 0.202. The summed E-state index contributed by atoms with van der Waals surface area (Å²) in [5, 5.41) is 14.0. The van der Waals surface area contributed by atoms with Crippen molar-refractivity contribution in [1.29, 1.82) is 0 Å². The zero-order valence-electron chi connectivity index (χ0n) is 11.1. The number of anilines is 1. The fraction of sp³-hybridized carbons (Fsp3) is 0.571. The van der Waals surface area contributed by atoms with Gasteiger partial charge in [-0.25, -0.2) is 4.39 Å². The van der Waals surface area contributed by atoms with E-state index in [1.165, 1.54) is 25.0 Å². The molecule has 2 rings (SSSR count). The lowest BCUT2D eigenvalue weighted by atomic mass is 9.83. The Morgan fingerprint density at radius 1 is 1.37 bits per heavy atom. The van der Waals surface area contributed by atoms with Crippen LogP contribution in [0.5, 0.6) is 0 Å². The molecule has 19 heavy (non-hydrogen) atoms. The van der Waals surface area contributed by atoms with Crippen LogP contribution in [0.25, 0.3) is 0 Å². The van der Waals surface area contributed by atoms with Crippen LogP contribution in [-0.2, 0) is 0 Å². The third kappa shape index (κ3) is 3.43. The molecule has 1 N–H and O–H groups in total.